The molecule has 1 saturated carbocycles. The van der Waals surface area contributed by atoms with Crippen LogP contribution in [0.15, 0.2) is 11.0 Å². The molecule has 14 heavy (non-hydrogen) atoms. The van der Waals surface area contributed by atoms with E-state index in [1.165, 1.54) is 4.90 Å². The second-order valence-corrected chi connectivity index (χ2v) is 4.47. The number of imide groups is 1. The maximum Gasteiger partial charge on any atom is 0.293 e. The maximum atomic E-state index is 11.6. The zero-order valence-electron chi connectivity index (χ0n) is 7.73. The molecular formula is C9H12N2O2S. The molecule has 2 amide bonds. The highest BCUT2D eigenvalue weighted by atomic mass is 32.2. The van der Waals surface area contributed by atoms with E-state index in [1.807, 2.05) is 6.08 Å². The molecule has 0 radical (unpaired) electrons. The van der Waals surface area contributed by atoms with Gasteiger partial charge in [0.15, 0.2) is 0 Å². The predicted molar refractivity (Wildman–Crippen MR) is 54.6 cm³/mol. The summed E-state index contributed by atoms with van der Waals surface area (Å²) in [4.78, 5) is 24.8. The lowest BCUT2D eigenvalue weighted by Crippen LogP contribution is -2.33. The minimum absolute atomic E-state index is 0.169. The molecule has 0 aromatic carbocycles. The number of hydrogen-bond donors (Lipinski definition) is 1. The van der Waals surface area contributed by atoms with E-state index in [-0.39, 0.29) is 11.1 Å². The second kappa shape index (κ2) is 3.74. The van der Waals surface area contributed by atoms with Crippen LogP contribution in [0.4, 0.5) is 4.79 Å². The Bertz CT molecular complexity index is 310. The molecule has 1 heterocycles. The summed E-state index contributed by atoms with van der Waals surface area (Å²) >= 11 is 1.03. The van der Waals surface area contributed by atoms with Crippen LogP contribution in [0, 0.1) is 5.92 Å². The normalized spacial score (nSPS) is 25.2. The molecule has 2 aliphatic rings. The Kier molecular flexibility index (Phi) is 2.60. The molecule has 1 aliphatic heterocycles. The molecule has 1 aliphatic carbocycles. The van der Waals surface area contributed by atoms with Crippen LogP contribution in [0.25, 0.3) is 0 Å². The molecule has 2 rings (SSSR count). The van der Waals surface area contributed by atoms with Crippen LogP contribution in [-0.4, -0.2) is 29.1 Å². The van der Waals surface area contributed by atoms with Gasteiger partial charge in [0.2, 0.25) is 0 Å². The van der Waals surface area contributed by atoms with Crippen molar-refractivity contribution in [1.82, 2.24) is 4.90 Å². The van der Waals surface area contributed by atoms with Crippen molar-refractivity contribution in [3.63, 3.8) is 0 Å². The van der Waals surface area contributed by atoms with E-state index in [1.54, 1.807) is 0 Å². The van der Waals surface area contributed by atoms with Gasteiger partial charge in [0.05, 0.1) is 4.91 Å². The number of amides is 2. The summed E-state index contributed by atoms with van der Waals surface area (Å²) in [5, 5.41) is -0.188. The lowest BCUT2D eigenvalue weighted by Gasteiger charge is -2.09. The van der Waals surface area contributed by atoms with Crippen molar-refractivity contribution in [2.24, 2.45) is 11.7 Å². The third-order valence-electron chi connectivity index (χ3n) is 2.24. The van der Waals surface area contributed by atoms with Gasteiger partial charge in [0.1, 0.15) is 0 Å². The number of nitrogens with two attached hydrogens (primary N) is 1. The fraction of sp³-hybridized carbons (Fsp3) is 0.556. The number of carbonyl (C=O) groups is 2. The molecule has 4 nitrogen and oxygen atoms in total. The molecule has 76 valence electrons. The summed E-state index contributed by atoms with van der Waals surface area (Å²) < 4.78 is 0. The van der Waals surface area contributed by atoms with Crippen molar-refractivity contribution >= 4 is 22.9 Å². The highest BCUT2D eigenvalue weighted by molar-refractivity contribution is 8.18. The van der Waals surface area contributed by atoms with Gasteiger partial charge < -0.3 is 5.73 Å². The molecule has 2 fully saturated rings. The molecular weight excluding hydrogens is 200 g/mol. The maximum absolute atomic E-state index is 11.6. The highest BCUT2D eigenvalue weighted by Gasteiger charge is 2.35. The first-order valence-corrected chi connectivity index (χ1v) is 5.49. The van der Waals surface area contributed by atoms with Crippen molar-refractivity contribution in [2.75, 3.05) is 13.1 Å². The van der Waals surface area contributed by atoms with E-state index in [0.29, 0.717) is 23.9 Å². The number of hydrogen-bond acceptors (Lipinski definition) is 4. The smallest absolute Gasteiger partial charge is 0.293 e. The Morgan fingerprint density at radius 2 is 2.21 bits per heavy atom. The van der Waals surface area contributed by atoms with Gasteiger partial charge in [-0.3, -0.25) is 14.5 Å². The molecule has 2 N–H and O–H groups in total. The molecule has 0 bridgehead atoms. The third kappa shape index (κ3) is 1.83. The van der Waals surface area contributed by atoms with Crippen molar-refractivity contribution in [2.45, 2.75) is 12.8 Å². The minimum Gasteiger partial charge on any atom is -0.329 e. The van der Waals surface area contributed by atoms with Crippen LogP contribution in [0.1, 0.15) is 12.8 Å². The van der Waals surface area contributed by atoms with Crippen LogP contribution in [0.2, 0.25) is 0 Å². The van der Waals surface area contributed by atoms with Crippen LogP contribution >= 0.6 is 11.8 Å². The lowest BCUT2D eigenvalue weighted by atomic mass is 10.3. The van der Waals surface area contributed by atoms with Gasteiger partial charge >= 0.3 is 0 Å². The summed E-state index contributed by atoms with van der Waals surface area (Å²) in [6.07, 6.45) is 4.20. The molecule has 0 unspecified atom stereocenters. The van der Waals surface area contributed by atoms with E-state index in [2.05, 4.69) is 0 Å². The van der Waals surface area contributed by atoms with E-state index in [4.69, 9.17) is 5.73 Å². The third-order valence-corrected chi connectivity index (χ3v) is 3.16. The monoisotopic (exact) mass is 212 g/mol. The van der Waals surface area contributed by atoms with Crippen LogP contribution in [0.3, 0.4) is 0 Å². The Morgan fingerprint density at radius 3 is 2.79 bits per heavy atom. The highest BCUT2D eigenvalue weighted by Crippen LogP contribution is 2.37. The number of nitrogens with zero attached hydrogens (tertiary/aromatic N) is 1. The zero-order chi connectivity index (χ0) is 10.1. The van der Waals surface area contributed by atoms with Crippen LogP contribution in [-0.2, 0) is 4.79 Å². The van der Waals surface area contributed by atoms with Gasteiger partial charge in [-0.25, -0.2) is 0 Å². The fourth-order valence-corrected chi connectivity index (χ4v) is 2.24. The summed E-state index contributed by atoms with van der Waals surface area (Å²) in [7, 11) is 0. The summed E-state index contributed by atoms with van der Waals surface area (Å²) in [6, 6.07) is 0. The average Bonchev–Trinajstić information content (AvgIpc) is 2.91. The quantitative estimate of drug-likeness (QED) is 0.707. The van der Waals surface area contributed by atoms with Crippen LogP contribution < -0.4 is 5.73 Å². The number of carbonyl (C=O) groups excluding carboxylic acids is 2. The van der Waals surface area contributed by atoms with E-state index in [0.717, 1.165) is 24.6 Å². The Balaban J connectivity index is 2.09. The Hall–Kier alpha value is -0.810. The predicted octanol–water partition coefficient (Wildman–Crippen LogP) is 0.934. The van der Waals surface area contributed by atoms with Crippen LogP contribution in [0.5, 0.6) is 0 Å². The van der Waals surface area contributed by atoms with Crippen molar-refractivity contribution in [3.8, 4) is 0 Å². The molecule has 0 aromatic rings. The van der Waals surface area contributed by atoms with Crippen molar-refractivity contribution in [1.29, 1.82) is 0 Å². The molecule has 1 saturated heterocycles. The van der Waals surface area contributed by atoms with E-state index < -0.39 is 0 Å². The first-order chi connectivity index (χ1) is 6.72. The Labute approximate surface area is 86.5 Å². The second-order valence-electron chi connectivity index (χ2n) is 3.48. The van der Waals surface area contributed by atoms with Crippen molar-refractivity contribution < 1.29 is 9.59 Å². The summed E-state index contributed by atoms with van der Waals surface area (Å²) in [5.74, 6) is 0.351. The van der Waals surface area contributed by atoms with Gasteiger partial charge in [0, 0.05) is 13.1 Å². The van der Waals surface area contributed by atoms with Gasteiger partial charge in [-0.1, -0.05) is 6.08 Å². The molecule has 5 heteroatoms. The molecule has 0 spiro atoms. The number of rotatable bonds is 3. The first-order valence-electron chi connectivity index (χ1n) is 4.68. The van der Waals surface area contributed by atoms with Gasteiger partial charge in [0.25, 0.3) is 11.1 Å². The molecule has 0 atom stereocenters. The minimum atomic E-state index is -0.188. The Morgan fingerprint density at radius 1 is 1.50 bits per heavy atom. The average molecular weight is 212 g/mol. The number of thioether (sulfide) groups is 1. The van der Waals surface area contributed by atoms with E-state index in [9.17, 15) is 9.59 Å². The van der Waals surface area contributed by atoms with Gasteiger partial charge in [-0.2, -0.15) is 0 Å². The molecule has 0 aromatic heterocycles. The topological polar surface area (TPSA) is 63.4 Å². The lowest BCUT2D eigenvalue weighted by molar-refractivity contribution is -0.122. The zero-order valence-corrected chi connectivity index (χ0v) is 8.55. The fourth-order valence-electron chi connectivity index (χ4n) is 1.31. The largest absolute Gasteiger partial charge is 0.329 e. The van der Waals surface area contributed by atoms with Gasteiger partial charge in [-0.15, -0.1) is 0 Å². The standard InChI is InChI=1S/C9H12N2O2S/c10-3-4-11-8(12)7(14-9(11)13)5-6-1-2-6/h5-6H,1-4,10H2. The van der Waals surface area contributed by atoms with Gasteiger partial charge in [-0.05, 0) is 30.5 Å². The van der Waals surface area contributed by atoms with Crippen molar-refractivity contribution in [3.05, 3.63) is 11.0 Å². The van der Waals surface area contributed by atoms with E-state index >= 15 is 0 Å². The SMILES string of the molecule is NCCN1C(=O)SC(=CC2CC2)C1=O. The summed E-state index contributed by atoms with van der Waals surface area (Å²) in [6.45, 7) is 0.654. The first kappa shape index (κ1) is 9.73. The summed E-state index contributed by atoms with van der Waals surface area (Å²) in [5.41, 5.74) is 5.32. The number of allylic oxidation sites excluding steroid dienone is 1.